The highest BCUT2D eigenvalue weighted by molar-refractivity contribution is 5.68. The quantitative estimate of drug-likeness (QED) is 0.667. The van der Waals surface area contributed by atoms with Crippen molar-refractivity contribution in [2.24, 2.45) is 14.1 Å². The van der Waals surface area contributed by atoms with Gasteiger partial charge in [-0.25, -0.2) is 9.78 Å². The van der Waals surface area contributed by atoms with Gasteiger partial charge >= 0.3 is 5.69 Å². The smallest absolute Gasteiger partial charge is 0.332 e. The molecule has 8 heteroatoms. The van der Waals surface area contributed by atoms with Crippen LogP contribution in [0.4, 0.5) is 0 Å². The second kappa shape index (κ2) is 6.02. The molecule has 2 aromatic rings. The minimum Gasteiger partial charge on any atom is -0.391 e. The van der Waals surface area contributed by atoms with Gasteiger partial charge in [-0.05, 0) is 0 Å². The van der Waals surface area contributed by atoms with Crippen molar-refractivity contribution >= 4 is 11.2 Å². The number of hydrogen-bond donors (Lipinski definition) is 2. The summed E-state index contributed by atoms with van der Waals surface area (Å²) >= 11 is 0. The number of nitrogens with one attached hydrogen (secondary N) is 1. The topological polar surface area (TPSA) is 92.9 Å². The molecule has 0 spiro atoms. The second-order valence-electron chi connectivity index (χ2n) is 5.54. The lowest BCUT2D eigenvalue weighted by molar-refractivity contribution is -0.870. The van der Waals surface area contributed by atoms with Gasteiger partial charge in [0.05, 0.1) is 34.1 Å². The zero-order valence-electron chi connectivity index (χ0n) is 12.5. The Morgan fingerprint density at radius 3 is 2.30 bits per heavy atom. The molecule has 0 unspecified atom stereocenters. The Bertz CT molecular complexity index is 690. The van der Waals surface area contributed by atoms with E-state index in [4.69, 9.17) is 5.11 Å². The fraction of sp³-hybridized carbons (Fsp3) is 0.583. The van der Waals surface area contributed by atoms with Crippen molar-refractivity contribution in [3.05, 3.63) is 27.2 Å². The summed E-state index contributed by atoms with van der Waals surface area (Å²) < 4.78 is 3.21. The fourth-order valence-electron chi connectivity index (χ4n) is 1.57. The molecule has 0 aliphatic heterocycles. The Morgan fingerprint density at radius 1 is 1.25 bits per heavy atom. The van der Waals surface area contributed by atoms with E-state index in [-0.39, 0.29) is 17.9 Å². The third kappa shape index (κ3) is 3.55. The molecule has 0 amide bonds. The summed E-state index contributed by atoms with van der Waals surface area (Å²) in [5.41, 5.74) is 0.0119. The van der Waals surface area contributed by atoms with Crippen LogP contribution in [-0.2, 0) is 14.1 Å². The van der Waals surface area contributed by atoms with E-state index < -0.39 is 0 Å². The summed E-state index contributed by atoms with van der Waals surface area (Å²) in [5.74, 6) is 0. The summed E-state index contributed by atoms with van der Waals surface area (Å²) in [4.78, 5) is 29.4. The largest absolute Gasteiger partial charge is 0.391 e. The number of H-pyrrole nitrogens is 1. The lowest BCUT2D eigenvalue weighted by Crippen LogP contribution is -2.36. The van der Waals surface area contributed by atoms with Crippen LogP contribution in [0.2, 0.25) is 0 Å². The number of rotatable bonds is 2. The molecule has 0 radical (unpaired) electrons. The number of aliphatic hydroxyl groups is 1. The van der Waals surface area contributed by atoms with Crippen LogP contribution in [0.3, 0.4) is 0 Å². The van der Waals surface area contributed by atoms with E-state index in [0.717, 1.165) is 15.6 Å². The van der Waals surface area contributed by atoms with Crippen molar-refractivity contribution in [1.82, 2.24) is 19.1 Å². The average molecular weight is 284 g/mol. The Kier molecular flexibility index (Phi) is 4.85. The summed E-state index contributed by atoms with van der Waals surface area (Å²) in [5, 5.41) is 8.39. The summed E-state index contributed by atoms with van der Waals surface area (Å²) in [6, 6.07) is 0. The molecular formula is C12H22N5O3+. The molecule has 0 fully saturated rings. The Morgan fingerprint density at radius 2 is 1.85 bits per heavy atom. The minimum atomic E-state index is -0.371. The molecule has 112 valence electrons. The molecule has 0 bridgehead atoms. The van der Waals surface area contributed by atoms with E-state index >= 15 is 0 Å². The Hall–Kier alpha value is -1.93. The monoisotopic (exact) mass is 284 g/mol. The molecule has 0 aromatic carbocycles. The van der Waals surface area contributed by atoms with Gasteiger partial charge in [-0.15, -0.1) is 0 Å². The molecule has 0 aliphatic carbocycles. The van der Waals surface area contributed by atoms with E-state index in [1.54, 1.807) is 7.05 Å². The highest BCUT2D eigenvalue weighted by Gasteiger charge is 2.08. The maximum Gasteiger partial charge on any atom is 0.332 e. The maximum atomic E-state index is 11.4. The molecule has 0 aliphatic rings. The molecule has 0 atom stereocenters. The van der Waals surface area contributed by atoms with Gasteiger partial charge in [-0.1, -0.05) is 0 Å². The number of fused-ring (bicyclic) bond motifs is 1. The number of likely N-dealkylation sites (N-methyl/N-ethyl adjacent to an activating group) is 1. The van der Waals surface area contributed by atoms with Gasteiger partial charge in [0.15, 0.2) is 5.65 Å². The highest BCUT2D eigenvalue weighted by atomic mass is 16.3. The van der Waals surface area contributed by atoms with Gasteiger partial charge in [-0.2, -0.15) is 0 Å². The number of aromatic nitrogens is 4. The molecule has 2 aromatic heterocycles. The third-order valence-corrected chi connectivity index (χ3v) is 2.80. The van der Waals surface area contributed by atoms with Crippen LogP contribution in [0.5, 0.6) is 0 Å². The summed E-state index contributed by atoms with van der Waals surface area (Å²) in [6.07, 6.45) is 1.39. The van der Waals surface area contributed by atoms with Gasteiger partial charge in [0.2, 0.25) is 0 Å². The minimum absolute atomic E-state index is 0.281. The van der Waals surface area contributed by atoms with Crippen molar-refractivity contribution in [2.75, 3.05) is 34.3 Å². The number of quaternary nitrogens is 1. The number of nitrogens with zero attached hydrogens (tertiary/aromatic N) is 4. The normalized spacial score (nSPS) is 11.3. The molecule has 0 saturated heterocycles. The van der Waals surface area contributed by atoms with E-state index in [9.17, 15) is 9.59 Å². The number of aromatic amines is 1. The second-order valence-corrected chi connectivity index (χ2v) is 5.54. The molecule has 2 rings (SSSR count). The van der Waals surface area contributed by atoms with E-state index in [1.165, 1.54) is 17.9 Å². The first-order valence-corrected chi connectivity index (χ1v) is 6.19. The molecule has 0 saturated carbocycles. The van der Waals surface area contributed by atoms with Gasteiger partial charge in [0.25, 0.3) is 5.56 Å². The van der Waals surface area contributed by atoms with Gasteiger partial charge in [0, 0.05) is 14.1 Å². The Balaban J connectivity index is 0.000000246. The lowest BCUT2D eigenvalue weighted by atomic mass is 10.5. The van der Waals surface area contributed by atoms with Crippen molar-refractivity contribution in [3.8, 4) is 0 Å². The van der Waals surface area contributed by atoms with Gasteiger partial charge in [-0.3, -0.25) is 13.9 Å². The first-order chi connectivity index (χ1) is 9.19. The number of aryl methyl sites for hydroxylation is 1. The molecular weight excluding hydrogens is 262 g/mol. The summed E-state index contributed by atoms with van der Waals surface area (Å²) in [6.45, 7) is 1.11. The zero-order chi connectivity index (χ0) is 15.5. The van der Waals surface area contributed by atoms with Crippen molar-refractivity contribution in [3.63, 3.8) is 0 Å². The predicted molar refractivity (Wildman–Crippen MR) is 76.6 cm³/mol. The van der Waals surface area contributed by atoms with Crippen LogP contribution in [0.15, 0.2) is 15.9 Å². The molecule has 8 nitrogen and oxygen atoms in total. The fourth-order valence-corrected chi connectivity index (χ4v) is 1.57. The van der Waals surface area contributed by atoms with E-state index in [1.807, 2.05) is 0 Å². The third-order valence-electron chi connectivity index (χ3n) is 2.80. The van der Waals surface area contributed by atoms with Crippen LogP contribution < -0.4 is 11.2 Å². The highest BCUT2D eigenvalue weighted by Crippen LogP contribution is 1.97. The average Bonchev–Trinajstić information content (AvgIpc) is 2.82. The molecule has 2 heterocycles. The van der Waals surface area contributed by atoms with E-state index in [2.05, 4.69) is 31.1 Å². The van der Waals surface area contributed by atoms with Crippen molar-refractivity contribution in [1.29, 1.82) is 0 Å². The van der Waals surface area contributed by atoms with Crippen LogP contribution in [0.1, 0.15) is 0 Å². The number of imidazole rings is 1. The van der Waals surface area contributed by atoms with Crippen LogP contribution in [0, 0.1) is 0 Å². The predicted octanol–water partition coefficient (Wildman–Crippen LogP) is -1.35. The first kappa shape index (κ1) is 16.1. The zero-order valence-corrected chi connectivity index (χ0v) is 12.5. The standard InChI is InChI=1S/C7H8N4O2.C5H14NO/c1-10-5-4(8-3-9-5)6(12)11(2)7(10)13;1-6(2,3)4-5-7/h3H,1-2H3,(H,8,9);7H,4-5H2,1-3H3/q;+1. The first-order valence-electron chi connectivity index (χ1n) is 6.19. The van der Waals surface area contributed by atoms with Crippen LogP contribution in [0.25, 0.3) is 11.2 Å². The SMILES string of the molecule is C[N+](C)(C)CCO.Cn1c(=O)c2[nH]cnc2n(C)c1=O. The Labute approximate surface area is 116 Å². The molecule has 20 heavy (non-hydrogen) atoms. The van der Waals surface area contributed by atoms with E-state index in [0.29, 0.717) is 11.2 Å². The van der Waals surface area contributed by atoms with Crippen LogP contribution in [-0.4, -0.2) is 63.0 Å². The van der Waals surface area contributed by atoms with Crippen molar-refractivity contribution in [2.45, 2.75) is 0 Å². The number of aliphatic hydroxyl groups excluding tert-OH is 1. The van der Waals surface area contributed by atoms with Crippen LogP contribution >= 0.6 is 0 Å². The lowest BCUT2D eigenvalue weighted by Gasteiger charge is -2.21. The number of hydrogen-bond acceptors (Lipinski definition) is 4. The maximum absolute atomic E-state index is 11.4. The summed E-state index contributed by atoms with van der Waals surface area (Å²) in [7, 11) is 9.17. The molecule has 2 N–H and O–H groups in total. The van der Waals surface area contributed by atoms with Crippen molar-refractivity contribution < 1.29 is 9.59 Å². The van der Waals surface area contributed by atoms with Gasteiger partial charge in [0.1, 0.15) is 12.1 Å². The van der Waals surface area contributed by atoms with Gasteiger partial charge < -0.3 is 14.6 Å².